The first kappa shape index (κ1) is 13.3. The van der Waals surface area contributed by atoms with Gasteiger partial charge in [0, 0.05) is 19.7 Å². The van der Waals surface area contributed by atoms with Crippen molar-refractivity contribution >= 4 is 29.2 Å². The van der Waals surface area contributed by atoms with E-state index in [1.54, 1.807) is 4.90 Å². The highest BCUT2D eigenvalue weighted by atomic mass is 32.1. The minimum atomic E-state index is 0.509. The van der Waals surface area contributed by atoms with E-state index in [-0.39, 0.29) is 0 Å². The molecule has 0 saturated heterocycles. The molecule has 78 valence electrons. The van der Waals surface area contributed by atoms with Gasteiger partial charge in [0.15, 0.2) is 0 Å². The molecule has 0 spiro atoms. The number of quaternary nitrogens is 1. The van der Waals surface area contributed by atoms with Crippen LogP contribution in [0.15, 0.2) is 30.3 Å². The molecule has 0 heterocycles. The van der Waals surface area contributed by atoms with Gasteiger partial charge in [-0.05, 0) is 0 Å². The minimum Gasteiger partial charge on any atom is -0.411 e. The van der Waals surface area contributed by atoms with E-state index < -0.39 is 0 Å². The van der Waals surface area contributed by atoms with Gasteiger partial charge in [-0.15, -0.1) is 0 Å². The highest BCUT2D eigenvalue weighted by Gasteiger charge is 1.82. The van der Waals surface area contributed by atoms with E-state index in [0.717, 1.165) is 6.54 Å². The second kappa shape index (κ2) is 7.67. The van der Waals surface area contributed by atoms with E-state index in [4.69, 9.17) is 0 Å². The topological polar surface area (TPSA) is 30.9 Å². The third-order valence-corrected chi connectivity index (χ3v) is 2.23. The van der Waals surface area contributed by atoms with Crippen LogP contribution in [0, 0.1) is 0 Å². The molecule has 0 aliphatic heterocycles. The number of hydrogen-bond donors (Lipinski definition) is 1. The van der Waals surface area contributed by atoms with Crippen molar-refractivity contribution in [1.29, 1.82) is 0 Å². The molecule has 1 aromatic rings. The van der Waals surface area contributed by atoms with Crippen molar-refractivity contribution in [3.8, 4) is 0 Å². The molecule has 3 N–H and O–H groups in total. The normalized spacial score (nSPS) is 8.50. The quantitative estimate of drug-likeness (QED) is 0.570. The lowest BCUT2D eigenvalue weighted by atomic mass is 10.2. The van der Waals surface area contributed by atoms with Crippen molar-refractivity contribution < 1.29 is 5.73 Å². The molecule has 0 atom stereocenters. The summed E-state index contributed by atoms with van der Waals surface area (Å²) in [5.74, 6) is 0. The van der Waals surface area contributed by atoms with E-state index in [1.165, 1.54) is 5.56 Å². The average Bonchev–Trinajstić information content (AvgIpc) is 2.20. The maximum Gasteiger partial charge on any atom is 0.0997 e. The SMILES string of the molecule is CN(C)C(=S)[S-].[NH3+]Cc1ccccc1. The first-order valence-corrected chi connectivity index (χ1v) is 5.11. The number of thiocarbonyl (C=S) groups is 1. The van der Waals surface area contributed by atoms with Crippen molar-refractivity contribution in [2.75, 3.05) is 14.1 Å². The van der Waals surface area contributed by atoms with Crippen LogP contribution in [0.25, 0.3) is 0 Å². The van der Waals surface area contributed by atoms with Crippen LogP contribution in [-0.4, -0.2) is 23.3 Å². The molecular formula is C10H16N2S2. The van der Waals surface area contributed by atoms with Crippen molar-refractivity contribution in [1.82, 2.24) is 4.90 Å². The van der Waals surface area contributed by atoms with E-state index in [2.05, 4.69) is 42.7 Å². The highest BCUT2D eigenvalue weighted by molar-refractivity contribution is 8.00. The molecule has 0 aliphatic carbocycles. The molecule has 1 rings (SSSR count). The zero-order valence-corrected chi connectivity index (χ0v) is 10.2. The van der Waals surface area contributed by atoms with Gasteiger partial charge in [0.25, 0.3) is 0 Å². The zero-order valence-electron chi connectivity index (χ0n) is 8.56. The highest BCUT2D eigenvalue weighted by Crippen LogP contribution is 1.93. The number of nitrogens with zero attached hydrogens (tertiary/aromatic N) is 1. The lowest BCUT2D eigenvalue weighted by molar-refractivity contribution is -0.386. The molecule has 0 aromatic heterocycles. The summed E-state index contributed by atoms with van der Waals surface area (Å²) in [4.78, 5) is 1.71. The van der Waals surface area contributed by atoms with Crippen LogP contribution in [0.2, 0.25) is 0 Å². The molecular weight excluding hydrogens is 212 g/mol. The summed E-state index contributed by atoms with van der Waals surface area (Å²) in [6, 6.07) is 10.2. The Bertz CT molecular complexity index is 260. The van der Waals surface area contributed by atoms with Crippen LogP contribution in [-0.2, 0) is 19.2 Å². The smallest absolute Gasteiger partial charge is 0.0997 e. The summed E-state index contributed by atoms with van der Waals surface area (Å²) in [6.45, 7) is 0.890. The summed E-state index contributed by atoms with van der Waals surface area (Å²) in [6.07, 6.45) is 0. The van der Waals surface area contributed by atoms with Crippen molar-refractivity contribution in [3.05, 3.63) is 35.9 Å². The molecule has 0 aliphatic rings. The van der Waals surface area contributed by atoms with Crippen molar-refractivity contribution in [2.24, 2.45) is 0 Å². The lowest BCUT2D eigenvalue weighted by Crippen LogP contribution is -2.47. The van der Waals surface area contributed by atoms with Gasteiger partial charge < -0.3 is 35.5 Å². The monoisotopic (exact) mass is 228 g/mol. The maximum absolute atomic E-state index is 4.56. The summed E-state index contributed by atoms with van der Waals surface area (Å²) >= 11 is 9.12. The van der Waals surface area contributed by atoms with E-state index in [9.17, 15) is 0 Å². The Labute approximate surface area is 96.5 Å². The summed E-state index contributed by atoms with van der Waals surface area (Å²) < 4.78 is 0.509. The van der Waals surface area contributed by atoms with Crippen LogP contribution in [0.5, 0.6) is 0 Å². The third-order valence-electron chi connectivity index (χ3n) is 1.50. The van der Waals surface area contributed by atoms with Crippen molar-refractivity contribution in [2.45, 2.75) is 6.54 Å². The summed E-state index contributed by atoms with van der Waals surface area (Å²) in [7, 11) is 3.66. The van der Waals surface area contributed by atoms with E-state index >= 15 is 0 Å². The maximum atomic E-state index is 4.56. The summed E-state index contributed by atoms with van der Waals surface area (Å²) in [5.41, 5.74) is 5.05. The standard InChI is InChI=1S/C7H9N.C3H7NS2/c8-6-7-4-2-1-3-5-7;1-4(2)3(5)6/h1-5H,6,8H2;1-2H3,(H,5,6). The van der Waals surface area contributed by atoms with Gasteiger partial charge in [-0.3, -0.25) is 0 Å². The fourth-order valence-electron chi connectivity index (χ4n) is 0.645. The zero-order chi connectivity index (χ0) is 11.0. The van der Waals surface area contributed by atoms with Crippen LogP contribution in [0.3, 0.4) is 0 Å². The van der Waals surface area contributed by atoms with Gasteiger partial charge in [-0.1, -0.05) is 34.7 Å². The number of rotatable bonds is 1. The second-order valence-electron chi connectivity index (χ2n) is 2.90. The molecule has 2 nitrogen and oxygen atoms in total. The Morgan fingerprint density at radius 2 is 1.79 bits per heavy atom. The lowest BCUT2D eigenvalue weighted by Gasteiger charge is -2.15. The first-order chi connectivity index (χ1) is 6.57. The predicted molar refractivity (Wildman–Crippen MR) is 66.7 cm³/mol. The molecule has 14 heavy (non-hydrogen) atoms. The van der Waals surface area contributed by atoms with E-state index in [0.29, 0.717) is 4.32 Å². The van der Waals surface area contributed by atoms with Gasteiger partial charge in [-0.25, -0.2) is 0 Å². The minimum absolute atomic E-state index is 0.509. The van der Waals surface area contributed by atoms with Crippen molar-refractivity contribution in [3.63, 3.8) is 0 Å². The molecule has 4 heteroatoms. The van der Waals surface area contributed by atoms with Gasteiger partial charge >= 0.3 is 0 Å². The first-order valence-electron chi connectivity index (χ1n) is 4.29. The predicted octanol–water partition coefficient (Wildman–Crippen LogP) is 0.808. The van der Waals surface area contributed by atoms with Gasteiger partial charge in [0.1, 0.15) is 0 Å². The summed E-state index contributed by atoms with van der Waals surface area (Å²) in [5, 5.41) is 0. The number of hydrogen-bond acceptors (Lipinski definition) is 2. The molecule has 0 unspecified atom stereocenters. The van der Waals surface area contributed by atoms with E-state index in [1.807, 2.05) is 32.3 Å². The molecule has 0 bridgehead atoms. The molecule has 0 amide bonds. The molecule has 0 saturated carbocycles. The van der Waals surface area contributed by atoms with Gasteiger partial charge in [0.2, 0.25) is 0 Å². The average molecular weight is 228 g/mol. The Morgan fingerprint density at radius 1 is 1.36 bits per heavy atom. The van der Waals surface area contributed by atoms with Gasteiger partial charge in [-0.2, -0.15) is 0 Å². The molecule has 1 aromatic carbocycles. The third kappa shape index (κ3) is 6.77. The van der Waals surface area contributed by atoms with Gasteiger partial charge in [0.05, 0.1) is 6.54 Å². The van der Waals surface area contributed by atoms with Crippen LogP contribution in [0.1, 0.15) is 5.56 Å². The fraction of sp³-hybridized carbons (Fsp3) is 0.300. The Hall–Kier alpha value is -0.710. The molecule has 0 radical (unpaired) electrons. The van der Waals surface area contributed by atoms with Crippen LogP contribution < -0.4 is 5.73 Å². The van der Waals surface area contributed by atoms with Crippen LogP contribution in [0.4, 0.5) is 0 Å². The Kier molecular flexibility index (Phi) is 7.28. The van der Waals surface area contributed by atoms with Crippen LogP contribution >= 0.6 is 12.2 Å². The largest absolute Gasteiger partial charge is 0.411 e. The number of benzene rings is 1. The molecule has 0 fully saturated rings. The second-order valence-corrected chi connectivity index (χ2v) is 3.93. The Balaban J connectivity index is 0.000000255. The fourth-order valence-corrected chi connectivity index (χ4v) is 0.645. The Morgan fingerprint density at radius 3 is 2.00 bits per heavy atom.